The molecule has 7 amide bonds. The van der Waals surface area contributed by atoms with Crippen LogP contribution < -0.4 is 32.3 Å². The van der Waals surface area contributed by atoms with Crippen LogP contribution >= 0.6 is 0 Å². The molecule has 1 aliphatic heterocycles. The molecule has 2 rings (SSSR count). The standard InChI is InChI=1S/C27H39N7O7/c1-17(2)24(33-21(36)11-13-29-14-15-34-22(37)9-10-23(34)38)26(40)32-20(4-3-12-30-27(28)41)25(39)31-19-7-5-18(16-35)6-8-19/h5-10,17,20,24,29,35H,3-4,11-16H2,1-2H3,(H,31,39)(H,32,40)(H,33,36)(H3,28,30,41)/t20-,24?/m0/s1. The summed E-state index contributed by atoms with van der Waals surface area (Å²) in [5, 5.41) is 22.8. The largest absolute Gasteiger partial charge is 0.392 e. The number of rotatable bonds is 17. The van der Waals surface area contributed by atoms with Crippen LogP contribution in [0.5, 0.6) is 0 Å². The molecule has 14 heteroatoms. The maximum atomic E-state index is 13.2. The second-order valence-corrected chi connectivity index (χ2v) is 9.79. The second-order valence-electron chi connectivity index (χ2n) is 9.79. The van der Waals surface area contributed by atoms with Crippen LogP contribution in [0.15, 0.2) is 36.4 Å². The fourth-order valence-corrected chi connectivity index (χ4v) is 3.92. The topological polar surface area (TPSA) is 212 Å². The smallest absolute Gasteiger partial charge is 0.312 e. The van der Waals surface area contributed by atoms with Gasteiger partial charge in [0, 0.05) is 50.4 Å². The minimum atomic E-state index is -0.972. The molecule has 0 bridgehead atoms. The van der Waals surface area contributed by atoms with Gasteiger partial charge in [0.1, 0.15) is 12.1 Å². The number of primary amides is 1. The molecule has 0 radical (unpaired) electrons. The summed E-state index contributed by atoms with van der Waals surface area (Å²) >= 11 is 0. The van der Waals surface area contributed by atoms with E-state index < -0.39 is 35.8 Å². The van der Waals surface area contributed by atoms with Crippen LogP contribution in [-0.2, 0) is 30.6 Å². The summed E-state index contributed by atoms with van der Waals surface area (Å²) < 4.78 is 0. The molecule has 14 nitrogen and oxygen atoms in total. The van der Waals surface area contributed by atoms with E-state index in [2.05, 4.69) is 26.6 Å². The number of benzene rings is 1. The summed E-state index contributed by atoms with van der Waals surface area (Å²) in [7, 11) is 0. The summed E-state index contributed by atoms with van der Waals surface area (Å²) in [4.78, 5) is 74.0. The third-order valence-corrected chi connectivity index (χ3v) is 6.21. The Morgan fingerprint density at radius 1 is 0.927 bits per heavy atom. The Balaban J connectivity index is 1.92. The van der Waals surface area contributed by atoms with Crippen LogP contribution in [0.3, 0.4) is 0 Å². The number of aliphatic hydroxyl groups excluding tert-OH is 1. The highest BCUT2D eigenvalue weighted by atomic mass is 16.3. The first-order valence-electron chi connectivity index (χ1n) is 13.4. The summed E-state index contributed by atoms with van der Waals surface area (Å²) in [5.74, 6) is -2.47. The maximum Gasteiger partial charge on any atom is 0.312 e. The molecule has 8 N–H and O–H groups in total. The molecule has 1 aromatic carbocycles. The number of carbonyl (C=O) groups excluding carboxylic acids is 6. The minimum Gasteiger partial charge on any atom is -0.392 e. The van der Waals surface area contributed by atoms with E-state index in [-0.39, 0.29) is 56.8 Å². The van der Waals surface area contributed by atoms with E-state index in [0.29, 0.717) is 24.2 Å². The van der Waals surface area contributed by atoms with Crippen LogP contribution in [-0.4, -0.2) is 83.8 Å². The zero-order valence-corrected chi connectivity index (χ0v) is 23.3. The minimum absolute atomic E-state index is 0.0448. The SMILES string of the molecule is CC(C)C(NC(=O)CCNCCN1C(=O)C=CC1=O)C(=O)N[C@@H](CCCNC(N)=O)C(=O)Nc1ccc(CO)cc1. The Kier molecular flexibility index (Phi) is 13.4. The molecular formula is C27H39N7O7. The Labute approximate surface area is 238 Å². The quantitative estimate of drug-likeness (QED) is 0.0914. The first-order chi connectivity index (χ1) is 19.5. The third-order valence-electron chi connectivity index (χ3n) is 6.21. The Morgan fingerprint density at radius 2 is 1.59 bits per heavy atom. The lowest BCUT2D eigenvalue weighted by Gasteiger charge is -2.25. The van der Waals surface area contributed by atoms with Crippen molar-refractivity contribution >= 4 is 41.3 Å². The number of amides is 7. The number of imide groups is 1. The summed E-state index contributed by atoms with van der Waals surface area (Å²) in [6.07, 6.45) is 2.98. The van der Waals surface area contributed by atoms with Crippen molar-refractivity contribution < 1.29 is 33.9 Å². The predicted molar refractivity (Wildman–Crippen MR) is 150 cm³/mol. The lowest BCUT2D eigenvalue weighted by Crippen LogP contribution is -2.54. The average Bonchev–Trinajstić information content (AvgIpc) is 3.25. The third kappa shape index (κ3) is 11.4. The van der Waals surface area contributed by atoms with E-state index in [4.69, 9.17) is 5.73 Å². The van der Waals surface area contributed by atoms with Gasteiger partial charge in [-0.2, -0.15) is 0 Å². The number of hydrogen-bond donors (Lipinski definition) is 7. The van der Waals surface area contributed by atoms with Crippen molar-refractivity contribution in [3.05, 3.63) is 42.0 Å². The molecular weight excluding hydrogens is 534 g/mol. The molecule has 41 heavy (non-hydrogen) atoms. The molecule has 1 aliphatic rings. The molecule has 0 saturated carbocycles. The average molecular weight is 574 g/mol. The van der Waals surface area contributed by atoms with Crippen molar-refractivity contribution in [3.63, 3.8) is 0 Å². The number of carbonyl (C=O) groups is 6. The zero-order valence-electron chi connectivity index (χ0n) is 23.3. The Hall–Kier alpha value is -4.30. The molecule has 0 fully saturated rings. The van der Waals surface area contributed by atoms with Crippen molar-refractivity contribution in [1.82, 2.24) is 26.2 Å². The fourth-order valence-electron chi connectivity index (χ4n) is 3.92. The van der Waals surface area contributed by atoms with Crippen molar-refractivity contribution in [2.45, 2.75) is 51.8 Å². The van der Waals surface area contributed by atoms with Crippen molar-refractivity contribution in [3.8, 4) is 0 Å². The van der Waals surface area contributed by atoms with Gasteiger partial charge in [0.05, 0.1) is 6.61 Å². The highest BCUT2D eigenvalue weighted by Gasteiger charge is 2.29. The van der Waals surface area contributed by atoms with Gasteiger partial charge in [-0.05, 0) is 36.5 Å². The van der Waals surface area contributed by atoms with E-state index >= 15 is 0 Å². The molecule has 0 aromatic heterocycles. The molecule has 1 unspecified atom stereocenters. The van der Waals surface area contributed by atoms with Crippen LogP contribution in [0.2, 0.25) is 0 Å². The van der Waals surface area contributed by atoms with Gasteiger partial charge in [0.2, 0.25) is 17.7 Å². The van der Waals surface area contributed by atoms with Crippen LogP contribution in [0, 0.1) is 5.92 Å². The number of anilines is 1. The van der Waals surface area contributed by atoms with Crippen LogP contribution in [0.1, 0.15) is 38.7 Å². The van der Waals surface area contributed by atoms with Crippen LogP contribution in [0.4, 0.5) is 10.5 Å². The first kappa shape index (κ1) is 32.9. The van der Waals surface area contributed by atoms with Crippen molar-refractivity contribution in [2.75, 3.05) is 31.5 Å². The van der Waals surface area contributed by atoms with Crippen molar-refractivity contribution in [1.29, 1.82) is 0 Å². The zero-order chi connectivity index (χ0) is 30.4. The molecule has 0 aliphatic carbocycles. The molecule has 1 heterocycles. The number of nitrogens with zero attached hydrogens (tertiary/aromatic N) is 1. The van der Waals surface area contributed by atoms with Gasteiger partial charge < -0.3 is 37.4 Å². The highest BCUT2D eigenvalue weighted by molar-refractivity contribution is 6.12. The summed E-state index contributed by atoms with van der Waals surface area (Å²) in [6.45, 7) is 4.32. The van der Waals surface area contributed by atoms with Gasteiger partial charge in [0.25, 0.3) is 11.8 Å². The summed E-state index contributed by atoms with van der Waals surface area (Å²) in [6, 6.07) is 3.96. The molecule has 0 saturated heterocycles. The lowest BCUT2D eigenvalue weighted by atomic mass is 10.0. The molecule has 224 valence electrons. The normalized spacial score (nSPS) is 14.1. The number of urea groups is 1. The van der Waals surface area contributed by atoms with E-state index in [1.165, 1.54) is 12.2 Å². The Bertz CT molecular complexity index is 1100. The van der Waals surface area contributed by atoms with Gasteiger partial charge in [-0.15, -0.1) is 0 Å². The van der Waals surface area contributed by atoms with Gasteiger partial charge in [0.15, 0.2) is 0 Å². The van der Waals surface area contributed by atoms with E-state index in [0.717, 1.165) is 4.90 Å². The van der Waals surface area contributed by atoms with Gasteiger partial charge in [-0.25, -0.2) is 4.79 Å². The highest BCUT2D eigenvalue weighted by Crippen LogP contribution is 2.12. The number of aliphatic hydroxyl groups is 1. The van der Waals surface area contributed by atoms with E-state index in [1.807, 2.05) is 0 Å². The predicted octanol–water partition coefficient (Wildman–Crippen LogP) is -0.904. The van der Waals surface area contributed by atoms with E-state index in [9.17, 15) is 33.9 Å². The Morgan fingerprint density at radius 3 is 2.17 bits per heavy atom. The maximum absolute atomic E-state index is 13.2. The monoisotopic (exact) mass is 573 g/mol. The van der Waals surface area contributed by atoms with Gasteiger partial charge >= 0.3 is 6.03 Å². The second kappa shape index (κ2) is 16.7. The fraction of sp³-hybridized carbons (Fsp3) is 0.481. The molecule has 1 aromatic rings. The first-order valence-corrected chi connectivity index (χ1v) is 13.4. The number of nitrogens with two attached hydrogens (primary N) is 1. The van der Waals surface area contributed by atoms with Crippen LogP contribution in [0.25, 0.3) is 0 Å². The van der Waals surface area contributed by atoms with Gasteiger partial charge in [-0.1, -0.05) is 26.0 Å². The number of hydrogen-bond acceptors (Lipinski definition) is 8. The summed E-state index contributed by atoms with van der Waals surface area (Å²) in [5.41, 5.74) is 6.23. The lowest BCUT2D eigenvalue weighted by molar-refractivity contribution is -0.136. The molecule has 2 atom stereocenters. The van der Waals surface area contributed by atoms with E-state index in [1.54, 1.807) is 38.1 Å². The van der Waals surface area contributed by atoms with Crippen molar-refractivity contribution in [2.24, 2.45) is 11.7 Å². The number of nitrogens with one attached hydrogen (secondary N) is 5. The van der Waals surface area contributed by atoms with Gasteiger partial charge in [-0.3, -0.25) is 28.9 Å². The molecule has 0 spiro atoms.